The van der Waals surface area contributed by atoms with E-state index in [9.17, 15) is 9.90 Å². The van der Waals surface area contributed by atoms with Crippen molar-refractivity contribution in [3.8, 4) is 16.3 Å². The molecular formula is C24H23N3O2S. The highest BCUT2D eigenvalue weighted by molar-refractivity contribution is 7.13. The zero-order valence-corrected chi connectivity index (χ0v) is 17.5. The Hall–Kier alpha value is -3.22. The Morgan fingerprint density at radius 1 is 1.03 bits per heavy atom. The van der Waals surface area contributed by atoms with E-state index in [-0.39, 0.29) is 6.54 Å². The predicted octanol–water partition coefficient (Wildman–Crippen LogP) is 5.00. The fourth-order valence-corrected chi connectivity index (χ4v) is 4.16. The number of nitrogens with zero attached hydrogens (tertiary/aromatic N) is 3. The molecule has 2 heterocycles. The molecule has 5 nitrogen and oxygen atoms in total. The van der Waals surface area contributed by atoms with Crippen LogP contribution in [0.15, 0.2) is 78.3 Å². The molecule has 0 aliphatic rings. The molecule has 0 spiro atoms. The molecule has 0 aliphatic heterocycles. The van der Waals surface area contributed by atoms with E-state index in [1.807, 2.05) is 70.5 Å². The molecule has 0 fully saturated rings. The van der Waals surface area contributed by atoms with Crippen LogP contribution in [0.3, 0.4) is 0 Å². The summed E-state index contributed by atoms with van der Waals surface area (Å²) in [4.78, 5) is 14.5. The second kappa shape index (κ2) is 9.07. The number of aromatic nitrogens is 2. The summed E-state index contributed by atoms with van der Waals surface area (Å²) in [6, 6.07) is 22.2. The first-order valence-electron chi connectivity index (χ1n) is 9.76. The first kappa shape index (κ1) is 20.1. The Balaban J connectivity index is 1.66. The molecule has 0 unspecified atom stereocenters. The Labute approximate surface area is 179 Å². The van der Waals surface area contributed by atoms with Gasteiger partial charge in [-0.05, 0) is 36.1 Å². The van der Waals surface area contributed by atoms with Gasteiger partial charge in [0.2, 0.25) is 0 Å². The highest BCUT2D eigenvalue weighted by atomic mass is 32.1. The maximum Gasteiger partial charge on any atom is 0.317 e. The maximum atomic E-state index is 11.5. The minimum atomic E-state index is -0.838. The van der Waals surface area contributed by atoms with Crippen molar-refractivity contribution < 1.29 is 9.90 Å². The number of hydrogen-bond donors (Lipinski definition) is 1. The van der Waals surface area contributed by atoms with Crippen LogP contribution in [0.4, 0.5) is 0 Å². The number of rotatable bonds is 8. The highest BCUT2D eigenvalue weighted by Gasteiger charge is 2.18. The zero-order valence-electron chi connectivity index (χ0n) is 16.7. The SMILES string of the molecule is Cc1ccc(CN(CC(=O)O)Cc2cn(-c3ccccc3)nc2-c2cccs2)cc1. The van der Waals surface area contributed by atoms with Crippen molar-refractivity contribution >= 4 is 17.3 Å². The Bertz CT molecular complexity index is 1100. The fraction of sp³-hybridized carbons (Fsp3) is 0.167. The third-order valence-electron chi connectivity index (χ3n) is 4.84. The normalized spacial score (nSPS) is 11.1. The number of hydrogen-bond acceptors (Lipinski definition) is 4. The second-order valence-corrected chi connectivity index (χ2v) is 8.23. The van der Waals surface area contributed by atoms with Crippen LogP contribution in [0.2, 0.25) is 0 Å². The highest BCUT2D eigenvalue weighted by Crippen LogP contribution is 2.29. The lowest BCUT2D eigenvalue weighted by Gasteiger charge is -2.20. The van der Waals surface area contributed by atoms with Crippen LogP contribution < -0.4 is 0 Å². The topological polar surface area (TPSA) is 58.4 Å². The van der Waals surface area contributed by atoms with Gasteiger partial charge in [0.1, 0.15) is 5.69 Å². The number of para-hydroxylation sites is 1. The van der Waals surface area contributed by atoms with Crippen LogP contribution in [0, 0.1) is 6.92 Å². The molecular weight excluding hydrogens is 394 g/mol. The summed E-state index contributed by atoms with van der Waals surface area (Å²) < 4.78 is 1.87. The second-order valence-electron chi connectivity index (χ2n) is 7.28. The molecule has 0 atom stereocenters. The van der Waals surface area contributed by atoms with E-state index in [2.05, 4.69) is 24.3 Å². The number of benzene rings is 2. The van der Waals surface area contributed by atoms with E-state index < -0.39 is 5.97 Å². The third-order valence-corrected chi connectivity index (χ3v) is 5.72. The van der Waals surface area contributed by atoms with Gasteiger partial charge in [0.25, 0.3) is 0 Å². The van der Waals surface area contributed by atoms with Crippen molar-refractivity contribution in [1.29, 1.82) is 0 Å². The van der Waals surface area contributed by atoms with E-state index in [0.29, 0.717) is 13.1 Å². The molecule has 4 aromatic rings. The Kier molecular flexibility index (Phi) is 6.07. The minimum Gasteiger partial charge on any atom is -0.480 e. The van der Waals surface area contributed by atoms with E-state index >= 15 is 0 Å². The largest absolute Gasteiger partial charge is 0.480 e. The van der Waals surface area contributed by atoms with Crippen LogP contribution in [0.25, 0.3) is 16.3 Å². The van der Waals surface area contributed by atoms with Crippen molar-refractivity contribution in [1.82, 2.24) is 14.7 Å². The molecule has 152 valence electrons. The standard InChI is InChI=1S/C24H23N3O2S/c1-18-9-11-19(12-10-18)14-26(17-23(28)29)15-20-16-27(21-6-3-2-4-7-21)25-24(20)22-8-5-13-30-22/h2-13,16H,14-15,17H2,1H3,(H,28,29). The van der Waals surface area contributed by atoms with Gasteiger partial charge in [0.05, 0.1) is 17.1 Å². The van der Waals surface area contributed by atoms with Crippen LogP contribution in [-0.4, -0.2) is 32.3 Å². The molecule has 0 bridgehead atoms. The van der Waals surface area contributed by atoms with Gasteiger partial charge in [0, 0.05) is 24.8 Å². The van der Waals surface area contributed by atoms with Gasteiger partial charge in [-0.15, -0.1) is 11.3 Å². The third kappa shape index (κ3) is 4.84. The molecule has 30 heavy (non-hydrogen) atoms. The van der Waals surface area contributed by atoms with Gasteiger partial charge in [-0.3, -0.25) is 9.69 Å². The number of aliphatic carboxylic acids is 1. The van der Waals surface area contributed by atoms with Crippen molar-refractivity contribution in [2.24, 2.45) is 0 Å². The van der Waals surface area contributed by atoms with Crippen LogP contribution in [0.1, 0.15) is 16.7 Å². The lowest BCUT2D eigenvalue weighted by atomic mass is 10.1. The van der Waals surface area contributed by atoms with Crippen molar-refractivity contribution in [2.75, 3.05) is 6.54 Å². The molecule has 0 radical (unpaired) electrons. The molecule has 6 heteroatoms. The number of carboxylic acids is 1. The minimum absolute atomic E-state index is 0.0335. The fourth-order valence-electron chi connectivity index (χ4n) is 3.41. The molecule has 4 rings (SSSR count). The van der Waals surface area contributed by atoms with Gasteiger partial charge in [-0.2, -0.15) is 5.10 Å². The molecule has 0 saturated carbocycles. The molecule has 1 N–H and O–H groups in total. The van der Waals surface area contributed by atoms with E-state index in [4.69, 9.17) is 5.10 Å². The summed E-state index contributed by atoms with van der Waals surface area (Å²) in [5, 5.41) is 16.3. The van der Waals surface area contributed by atoms with Gasteiger partial charge in [-0.25, -0.2) is 4.68 Å². The Morgan fingerprint density at radius 3 is 2.47 bits per heavy atom. The summed E-state index contributed by atoms with van der Waals surface area (Å²) in [5.74, 6) is -0.838. The molecule has 0 aliphatic carbocycles. The average molecular weight is 418 g/mol. The zero-order chi connectivity index (χ0) is 20.9. The van der Waals surface area contributed by atoms with Crippen LogP contribution in [0.5, 0.6) is 0 Å². The molecule has 2 aromatic carbocycles. The number of thiophene rings is 1. The maximum absolute atomic E-state index is 11.5. The lowest BCUT2D eigenvalue weighted by molar-refractivity contribution is -0.138. The summed E-state index contributed by atoms with van der Waals surface area (Å²) >= 11 is 1.63. The van der Waals surface area contributed by atoms with E-state index in [0.717, 1.165) is 27.4 Å². The quantitative estimate of drug-likeness (QED) is 0.438. The van der Waals surface area contributed by atoms with Crippen molar-refractivity contribution in [3.63, 3.8) is 0 Å². The molecule has 2 aromatic heterocycles. The average Bonchev–Trinajstić information content (AvgIpc) is 3.40. The van der Waals surface area contributed by atoms with Crippen LogP contribution in [-0.2, 0) is 17.9 Å². The van der Waals surface area contributed by atoms with Gasteiger partial charge in [-0.1, -0.05) is 54.1 Å². The number of carboxylic acid groups (broad SMARTS) is 1. The van der Waals surface area contributed by atoms with E-state index in [1.54, 1.807) is 11.3 Å². The van der Waals surface area contributed by atoms with Gasteiger partial charge in [0.15, 0.2) is 0 Å². The van der Waals surface area contributed by atoms with Gasteiger partial charge < -0.3 is 5.11 Å². The van der Waals surface area contributed by atoms with Crippen LogP contribution >= 0.6 is 11.3 Å². The summed E-state index contributed by atoms with van der Waals surface area (Å²) in [6.45, 7) is 3.07. The predicted molar refractivity (Wildman–Crippen MR) is 120 cm³/mol. The lowest BCUT2D eigenvalue weighted by Crippen LogP contribution is -2.29. The summed E-state index contributed by atoms with van der Waals surface area (Å²) in [5.41, 5.74) is 5.16. The van der Waals surface area contributed by atoms with Crippen molar-refractivity contribution in [2.45, 2.75) is 20.0 Å². The first-order valence-corrected chi connectivity index (χ1v) is 10.6. The smallest absolute Gasteiger partial charge is 0.317 e. The Morgan fingerprint density at radius 2 is 1.80 bits per heavy atom. The van der Waals surface area contributed by atoms with Gasteiger partial charge >= 0.3 is 5.97 Å². The number of carbonyl (C=O) groups is 1. The summed E-state index contributed by atoms with van der Waals surface area (Å²) in [6.07, 6.45) is 2.01. The molecule has 0 amide bonds. The van der Waals surface area contributed by atoms with Crippen molar-refractivity contribution in [3.05, 3.63) is 95.0 Å². The number of aryl methyl sites for hydroxylation is 1. The first-order chi connectivity index (χ1) is 14.6. The monoisotopic (exact) mass is 417 g/mol. The summed E-state index contributed by atoms with van der Waals surface area (Å²) in [7, 11) is 0. The molecule has 0 saturated heterocycles. The van der Waals surface area contributed by atoms with E-state index in [1.165, 1.54) is 5.56 Å².